The first-order valence-corrected chi connectivity index (χ1v) is 7.48. The molecule has 7 heteroatoms. The Labute approximate surface area is 107 Å². The molecule has 1 aromatic heterocycles. The first-order valence-electron chi connectivity index (χ1n) is 6.04. The van der Waals surface area contributed by atoms with Crippen LogP contribution in [0.1, 0.15) is 26.2 Å². The van der Waals surface area contributed by atoms with E-state index in [2.05, 4.69) is 10.4 Å². The number of aromatic nitrogens is 1. The zero-order chi connectivity index (χ0) is 13.2. The van der Waals surface area contributed by atoms with Gasteiger partial charge >= 0.3 is 0 Å². The van der Waals surface area contributed by atoms with Crippen LogP contribution in [0.3, 0.4) is 0 Å². The van der Waals surface area contributed by atoms with Crippen LogP contribution in [-0.2, 0) is 10.0 Å². The van der Waals surface area contributed by atoms with Gasteiger partial charge in [0, 0.05) is 18.8 Å². The molecule has 1 heterocycles. The summed E-state index contributed by atoms with van der Waals surface area (Å²) in [6, 6.07) is 3.27. The number of nitrogen functional groups attached to an aromatic ring is 1. The zero-order valence-electron chi connectivity index (χ0n) is 10.3. The largest absolute Gasteiger partial charge is 0.307 e. The molecule has 0 unspecified atom stereocenters. The SMILES string of the molecule is CCCN(C1CC1)S(=O)(=O)c1cccnc1NN. The number of hydrogen-bond donors (Lipinski definition) is 2. The average molecular weight is 270 g/mol. The highest BCUT2D eigenvalue weighted by Crippen LogP contribution is 2.33. The molecule has 0 aromatic carbocycles. The van der Waals surface area contributed by atoms with Crippen LogP contribution in [0.15, 0.2) is 23.2 Å². The number of pyridine rings is 1. The lowest BCUT2D eigenvalue weighted by molar-refractivity contribution is 0.403. The van der Waals surface area contributed by atoms with Crippen LogP contribution in [0.4, 0.5) is 5.82 Å². The van der Waals surface area contributed by atoms with Crippen molar-refractivity contribution in [3.05, 3.63) is 18.3 Å². The van der Waals surface area contributed by atoms with Gasteiger partial charge in [0.1, 0.15) is 4.90 Å². The molecule has 0 spiro atoms. The van der Waals surface area contributed by atoms with Gasteiger partial charge in [-0.3, -0.25) is 0 Å². The molecule has 0 bridgehead atoms. The van der Waals surface area contributed by atoms with E-state index in [0.717, 1.165) is 19.3 Å². The third-order valence-corrected chi connectivity index (χ3v) is 4.88. The van der Waals surface area contributed by atoms with E-state index in [0.29, 0.717) is 6.54 Å². The van der Waals surface area contributed by atoms with E-state index in [1.165, 1.54) is 12.3 Å². The second-order valence-electron chi connectivity index (χ2n) is 4.34. The predicted octanol–water partition coefficient (Wildman–Crippen LogP) is 0.930. The van der Waals surface area contributed by atoms with Crippen molar-refractivity contribution in [2.75, 3.05) is 12.0 Å². The highest BCUT2D eigenvalue weighted by Gasteiger charge is 2.38. The van der Waals surface area contributed by atoms with Crippen molar-refractivity contribution >= 4 is 15.8 Å². The standard InChI is InChI=1S/C11H18N4O2S/c1-2-8-15(9-5-6-9)18(16,17)10-4-3-7-13-11(10)14-12/h3-4,7,9H,2,5-6,8,12H2,1H3,(H,13,14). The lowest BCUT2D eigenvalue weighted by atomic mass is 10.5. The number of anilines is 1. The number of nitrogens with two attached hydrogens (primary N) is 1. The average Bonchev–Trinajstić information content (AvgIpc) is 3.19. The van der Waals surface area contributed by atoms with Gasteiger partial charge in [0.25, 0.3) is 0 Å². The zero-order valence-corrected chi connectivity index (χ0v) is 11.2. The Hall–Kier alpha value is -1.18. The molecule has 0 atom stereocenters. The van der Waals surface area contributed by atoms with E-state index in [4.69, 9.17) is 5.84 Å². The van der Waals surface area contributed by atoms with E-state index in [-0.39, 0.29) is 16.8 Å². The Morgan fingerprint density at radius 3 is 2.83 bits per heavy atom. The second-order valence-corrected chi connectivity index (χ2v) is 6.20. The van der Waals surface area contributed by atoms with Crippen LogP contribution in [0.2, 0.25) is 0 Å². The van der Waals surface area contributed by atoms with Crippen LogP contribution in [0.25, 0.3) is 0 Å². The molecule has 2 rings (SSSR count). The molecule has 0 aliphatic heterocycles. The van der Waals surface area contributed by atoms with Gasteiger partial charge in [-0.05, 0) is 31.4 Å². The number of hydrogen-bond acceptors (Lipinski definition) is 5. The maximum absolute atomic E-state index is 12.6. The summed E-state index contributed by atoms with van der Waals surface area (Å²) in [7, 11) is -3.51. The Morgan fingerprint density at radius 1 is 1.56 bits per heavy atom. The summed E-state index contributed by atoms with van der Waals surface area (Å²) in [5, 5.41) is 0. The molecule has 6 nitrogen and oxygen atoms in total. The fourth-order valence-corrected chi connectivity index (χ4v) is 3.80. The Morgan fingerprint density at radius 2 is 2.28 bits per heavy atom. The molecule has 0 amide bonds. The molecule has 1 fully saturated rings. The van der Waals surface area contributed by atoms with Crippen molar-refractivity contribution in [1.29, 1.82) is 0 Å². The molecule has 1 aromatic rings. The van der Waals surface area contributed by atoms with Gasteiger partial charge in [-0.1, -0.05) is 6.92 Å². The van der Waals surface area contributed by atoms with E-state index in [1.54, 1.807) is 10.4 Å². The number of nitrogens with zero attached hydrogens (tertiary/aromatic N) is 2. The molecular weight excluding hydrogens is 252 g/mol. The van der Waals surface area contributed by atoms with Gasteiger partial charge in [-0.15, -0.1) is 0 Å². The molecular formula is C11H18N4O2S. The first kappa shape index (κ1) is 13.3. The second kappa shape index (κ2) is 5.21. The van der Waals surface area contributed by atoms with Crippen molar-refractivity contribution in [1.82, 2.24) is 9.29 Å². The summed E-state index contributed by atoms with van der Waals surface area (Å²) in [4.78, 5) is 4.09. The smallest absolute Gasteiger partial charge is 0.247 e. The Bertz CT molecular complexity index is 514. The van der Waals surface area contributed by atoms with Crippen LogP contribution < -0.4 is 11.3 Å². The van der Waals surface area contributed by atoms with E-state index in [9.17, 15) is 8.42 Å². The molecule has 0 radical (unpaired) electrons. The van der Waals surface area contributed by atoms with Crippen LogP contribution >= 0.6 is 0 Å². The molecule has 1 saturated carbocycles. The molecule has 0 saturated heterocycles. The Balaban J connectivity index is 2.39. The third kappa shape index (κ3) is 2.47. The van der Waals surface area contributed by atoms with Crippen molar-refractivity contribution < 1.29 is 8.42 Å². The number of hydrazine groups is 1. The van der Waals surface area contributed by atoms with Gasteiger partial charge in [0.05, 0.1) is 0 Å². The minimum Gasteiger partial charge on any atom is -0.307 e. The third-order valence-electron chi connectivity index (χ3n) is 2.89. The van der Waals surface area contributed by atoms with Crippen molar-refractivity contribution in [3.8, 4) is 0 Å². The number of rotatable bonds is 6. The predicted molar refractivity (Wildman–Crippen MR) is 69.3 cm³/mol. The van der Waals surface area contributed by atoms with E-state index < -0.39 is 10.0 Å². The first-order chi connectivity index (χ1) is 8.61. The quantitative estimate of drug-likeness (QED) is 0.593. The van der Waals surface area contributed by atoms with Crippen molar-refractivity contribution in [2.24, 2.45) is 5.84 Å². The van der Waals surface area contributed by atoms with Gasteiger partial charge < -0.3 is 5.43 Å². The minimum absolute atomic E-state index is 0.140. The number of sulfonamides is 1. The minimum atomic E-state index is -3.51. The summed E-state index contributed by atoms with van der Waals surface area (Å²) in [5.41, 5.74) is 2.34. The summed E-state index contributed by atoms with van der Waals surface area (Å²) in [6.07, 6.45) is 4.17. The van der Waals surface area contributed by atoms with Crippen molar-refractivity contribution in [2.45, 2.75) is 37.1 Å². The molecule has 1 aliphatic rings. The van der Waals surface area contributed by atoms with Crippen LogP contribution in [-0.4, -0.2) is 30.3 Å². The number of nitrogens with one attached hydrogen (secondary N) is 1. The summed E-state index contributed by atoms with van der Waals surface area (Å²) in [6.45, 7) is 2.50. The highest BCUT2D eigenvalue weighted by atomic mass is 32.2. The monoisotopic (exact) mass is 270 g/mol. The Kier molecular flexibility index (Phi) is 3.84. The maximum Gasteiger partial charge on any atom is 0.247 e. The van der Waals surface area contributed by atoms with Gasteiger partial charge in [-0.25, -0.2) is 19.2 Å². The lowest BCUT2D eigenvalue weighted by Crippen LogP contribution is -2.34. The van der Waals surface area contributed by atoms with E-state index in [1.807, 2.05) is 6.92 Å². The van der Waals surface area contributed by atoms with Crippen molar-refractivity contribution in [3.63, 3.8) is 0 Å². The lowest BCUT2D eigenvalue weighted by Gasteiger charge is -2.22. The highest BCUT2D eigenvalue weighted by molar-refractivity contribution is 7.89. The van der Waals surface area contributed by atoms with Crippen LogP contribution in [0.5, 0.6) is 0 Å². The summed E-state index contributed by atoms with van der Waals surface area (Å²) >= 11 is 0. The molecule has 100 valence electrons. The normalized spacial score (nSPS) is 15.9. The molecule has 18 heavy (non-hydrogen) atoms. The van der Waals surface area contributed by atoms with Gasteiger partial charge in [0.2, 0.25) is 10.0 Å². The van der Waals surface area contributed by atoms with Crippen LogP contribution in [0, 0.1) is 0 Å². The molecule has 3 N–H and O–H groups in total. The summed E-state index contributed by atoms with van der Waals surface area (Å²) < 4.78 is 26.7. The fraction of sp³-hybridized carbons (Fsp3) is 0.545. The van der Waals surface area contributed by atoms with Gasteiger partial charge in [-0.2, -0.15) is 4.31 Å². The van der Waals surface area contributed by atoms with E-state index >= 15 is 0 Å². The molecule has 1 aliphatic carbocycles. The summed E-state index contributed by atoms with van der Waals surface area (Å²) in [5.74, 6) is 5.51. The fourth-order valence-electron chi connectivity index (χ4n) is 1.92. The maximum atomic E-state index is 12.6. The topological polar surface area (TPSA) is 88.3 Å². The van der Waals surface area contributed by atoms with Gasteiger partial charge in [0.15, 0.2) is 5.82 Å².